The average molecular weight is 425 g/mol. The van der Waals surface area contributed by atoms with Gasteiger partial charge in [0.1, 0.15) is 18.1 Å². The third kappa shape index (κ3) is 4.75. The molecule has 2 amide bonds. The largest absolute Gasteiger partial charge is 0.489 e. The first-order valence-electron chi connectivity index (χ1n) is 10.2. The van der Waals surface area contributed by atoms with Gasteiger partial charge < -0.3 is 15.8 Å². The van der Waals surface area contributed by atoms with Gasteiger partial charge in [-0.1, -0.05) is 29.3 Å². The Morgan fingerprint density at radius 2 is 1.75 bits per heavy atom. The number of ether oxygens (including phenoxy) is 1. The lowest BCUT2D eigenvalue weighted by atomic mass is 10.1. The molecule has 0 aliphatic rings. The molecule has 0 saturated heterocycles. The van der Waals surface area contributed by atoms with Gasteiger partial charge in [-0.2, -0.15) is 0 Å². The van der Waals surface area contributed by atoms with Crippen molar-refractivity contribution < 1.29 is 14.3 Å². The number of fused-ring (bicyclic) bond motifs is 1. The average Bonchev–Trinajstić information content (AvgIpc) is 2.77. The van der Waals surface area contributed by atoms with Crippen molar-refractivity contribution in [1.29, 1.82) is 0 Å². The van der Waals surface area contributed by atoms with Gasteiger partial charge in [-0.15, -0.1) is 0 Å². The molecule has 0 spiro atoms. The van der Waals surface area contributed by atoms with E-state index in [2.05, 4.69) is 10.3 Å². The molecular formula is C26H23N3O3. The van der Waals surface area contributed by atoms with Crippen LogP contribution >= 0.6 is 0 Å². The van der Waals surface area contributed by atoms with E-state index < -0.39 is 5.91 Å². The van der Waals surface area contributed by atoms with E-state index in [1.54, 1.807) is 12.1 Å². The predicted molar refractivity (Wildman–Crippen MR) is 125 cm³/mol. The molecule has 6 nitrogen and oxygen atoms in total. The molecule has 0 bridgehead atoms. The van der Waals surface area contributed by atoms with Gasteiger partial charge in [-0.3, -0.25) is 14.6 Å². The van der Waals surface area contributed by atoms with Crippen LogP contribution in [0.25, 0.3) is 10.8 Å². The summed E-state index contributed by atoms with van der Waals surface area (Å²) in [5, 5.41) is 4.87. The molecular weight excluding hydrogens is 402 g/mol. The Hall–Kier alpha value is -4.19. The lowest BCUT2D eigenvalue weighted by Gasteiger charge is -2.12. The van der Waals surface area contributed by atoms with E-state index in [0.29, 0.717) is 11.3 Å². The molecule has 0 atom stereocenters. The number of nitrogens with zero attached hydrogens (tertiary/aromatic N) is 1. The first-order chi connectivity index (χ1) is 15.4. The Kier molecular flexibility index (Phi) is 5.85. The maximum atomic E-state index is 12.8. The van der Waals surface area contributed by atoms with Crippen LogP contribution in [0.1, 0.15) is 37.5 Å². The molecule has 3 N–H and O–H groups in total. The summed E-state index contributed by atoms with van der Waals surface area (Å²) in [4.78, 5) is 28.0. The number of anilines is 1. The van der Waals surface area contributed by atoms with Crippen molar-refractivity contribution in [1.82, 2.24) is 4.98 Å². The molecule has 32 heavy (non-hydrogen) atoms. The van der Waals surface area contributed by atoms with Crippen molar-refractivity contribution in [2.45, 2.75) is 20.5 Å². The van der Waals surface area contributed by atoms with E-state index in [0.717, 1.165) is 33.2 Å². The van der Waals surface area contributed by atoms with Crippen molar-refractivity contribution in [3.63, 3.8) is 0 Å². The molecule has 0 fully saturated rings. The number of benzene rings is 3. The van der Waals surface area contributed by atoms with Gasteiger partial charge in [-0.25, -0.2) is 0 Å². The molecule has 0 unspecified atom stereocenters. The van der Waals surface area contributed by atoms with Crippen LogP contribution in [0.15, 0.2) is 72.9 Å². The van der Waals surface area contributed by atoms with Crippen molar-refractivity contribution in [2.75, 3.05) is 5.32 Å². The van der Waals surface area contributed by atoms with Crippen LogP contribution in [0.2, 0.25) is 0 Å². The molecule has 3 aromatic carbocycles. The topological polar surface area (TPSA) is 94.3 Å². The summed E-state index contributed by atoms with van der Waals surface area (Å²) >= 11 is 0. The van der Waals surface area contributed by atoms with Crippen LogP contribution in [0, 0.1) is 13.8 Å². The summed E-state index contributed by atoms with van der Waals surface area (Å²) in [6, 6.07) is 20.6. The molecule has 0 aliphatic heterocycles. The van der Waals surface area contributed by atoms with Crippen LogP contribution in [-0.4, -0.2) is 16.8 Å². The maximum absolute atomic E-state index is 12.8. The normalized spacial score (nSPS) is 10.7. The lowest BCUT2D eigenvalue weighted by Crippen LogP contribution is -2.13. The fourth-order valence-electron chi connectivity index (χ4n) is 3.63. The Labute approximate surface area is 186 Å². The number of aromatic nitrogens is 1. The van der Waals surface area contributed by atoms with Gasteiger partial charge in [0.25, 0.3) is 11.8 Å². The molecule has 0 radical (unpaired) electrons. The highest BCUT2D eigenvalue weighted by molar-refractivity contribution is 6.09. The van der Waals surface area contributed by atoms with Gasteiger partial charge in [-0.05, 0) is 73.3 Å². The molecule has 4 aromatic rings. The number of pyridine rings is 1. The monoisotopic (exact) mass is 425 g/mol. The van der Waals surface area contributed by atoms with E-state index in [4.69, 9.17) is 10.5 Å². The maximum Gasteiger partial charge on any atom is 0.267 e. The van der Waals surface area contributed by atoms with Gasteiger partial charge in [0, 0.05) is 22.8 Å². The molecule has 1 heterocycles. The number of amides is 2. The smallest absolute Gasteiger partial charge is 0.267 e. The molecule has 0 aliphatic carbocycles. The van der Waals surface area contributed by atoms with Gasteiger partial charge >= 0.3 is 0 Å². The van der Waals surface area contributed by atoms with Crippen LogP contribution in [0.3, 0.4) is 0 Å². The minimum absolute atomic E-state index is 0.146. The highest BCUT2D eigenvalue weighted by Gasteiger charge is 2.10. The van der Waals surface area contributed by atoms with Crippen LogP contribution in [-0.2, 0) is 6.61 Å². The van der Waals surface area contributed by atoms with Crippen LogP contribution < -0.4 is 15.8 Å². The number of hydrogen-bond acceptors (Lipinski definition) is 4. The zero-order valence-corrected chi connectivity index (χ0v) is 17.9. The summed E-state index contributed by atoms with van der Waals surface area (Å²) < 4.78 is 5.88. The van der Waals surface area contributed by atoms with Gasteiger partial charge in [0.2, 0.25) is 0 Å². The molecule has 0 saturated carbocycles. The minimum atomic E-state index is -0.576. The number of nitrogens with one attached hydrogen (secondary N) is 1. The van der Waals surface area contributed by atoms with E-state index >= 15 is 0 Å². The third-order valence-corrected chi connectivity index (χ3v) is 5.07. The Morgan fingerprint density at radius 3 is 2.50 bits per heavy atom. The molecule has 4 rings (SSSR count). The standard InChI is InChI=1S/C26H23N3O3/c1-16-10-17(2)12-20(11-16)26(31)29-23-5-3-4-19-14-21(6-7-22(19)23)32-15-18-8-9-28-24(13-18)25(27)30/h3-14H,15H2,1-2H3,(H2,27,30)(H,29,31). The van der Waals surface area contributed by atoms with Crippen molar-refractivity contribution in [3.8, 4) is 5.75 Å². The first kappa shape index (κ1) is 21.1. The van der Waals surface area contributed by atoms with Gasteiger partial charge in [0.15, 0.2) is 0 Å². The highest BCUT2D eigenvalue weighted by atomic mass is 16.5. The minimum Gasteiger partial charge on any atom is -0.489 e. The van der Waals surface area contributed by atoms with E-state index in [1.807, 2.05) is 68.4 Å². The second-order valence-corrected chi connectivity index (χ2v) is 7.72. The summed E-state index contributed by atoms with van der Waals surface area (Å²) in [7, 11) is 0. The summed E-state index contributed by atoms with van der Waals surface area (Å²) in [6.07, 6.45) is 1.53. The Morgan fingerprint density at radius 1 is 0.969 bits per heavy atom. The molecule has 6 heteroatoms. The number of hydrogen-bond donors (Lipinski definition) is 2. The predicted octanol–water partition coefficient (Wildman–Crippen LogP) is 4.78. The fraction of sp³-hybridized carbons (Fsp3) is 0.115. The Balaban J connectivity index is 1.53. The number of aryl methyl sites for hydroxylation is 2. The second kappa shape index (κ2) is 8.89. The molecule has 1 aromatic heterocycles. The second-order valence-electron chi connectivity index (χ2n) is 7.72. The van der Waals surface area contributed by atoms with Gasteiger partial charge in [0.05, 0.1) is 0 Å². The van der Waals surface area contributed by atoms with Crippen LogP contribution in [0.4, 0.5) is 5.69 Å². The number of carbonyl (C=O) groups is 2. The highest BCUT2D eigenvalue weighted by Crippen LogP contribution is 2.28. The fourth-order valence-corrected chi connectivity index (χ4v) is 3.63. The van der Waals surface area contributed by atoms with E-state index in [1.165, 1.54) is 6.20 Å². The first-order valence-corrected chi connectivity index (χ1v) is 10.2. The van der Waals surface area contributed by atoms with Crippen molar-refractivity contribution >= 4 is 28.3 Å². The number of primary amides is 1. The Bertz CT molecular complexity index is 1310. The number of carbonyl (C=O) groups excluding carboxylic acids is 2. The van der Waals surface area contributed by atoms with Crippen LogP contribution in [0.5, 0.6) is 5.75 Å². The third-order valence-electron chi connectivity index (χ3n) is 5.07. The molecule has 160 valence electrons. The number of nitrogens with two attached hydrogens (primary N) is 1. The summed E-state index contributed by atoms with van der Waals surface area (Å²) in [5.41, 5.74) is 9.74. The zero-order valence-electron chi connectivity index (χ0n) is 17.9. The lowest BCUT2D eigenvalue weighted by molar-refractivity contribution is 0.0993. The quantitative estimate of drug-likeness (QED) is 0.465. The summed E-state index contributed by atoms with van der Waals surface area (Å²) in [6.45, 7) is 4.23. The van der Waals surface area contributed by atoms with Crippen molar-refractivity contribution in [2.24, 2.45) is 5.73 Å². The van der Waals surface area contributed by atoms with E-state index in [-0.39, 0.29) is 18.2 Å². The SMILES string of the molecule is Cc1cc(C)cc(C(=O)Nc2cccc3cc(OCc4ccnc(C(N)=O)c4)ccc23)c1. The van der Waals surface area contributed by atoms with Crippen molar-refractivity contribution in [3.05, 3.63) is 101 Å². The van der Waals surface area contributed by atoms with E-state index in [9.17, 15) is 9.59 Å². The summed E-state index contributed by atoms with van der Waals surface area (Å²) in [5.74, 6) is -0.0479. The number of rotatable bonds is 6. The zero-order chi connectivity index (χ0) is 22.7.